The van der Waals surface area contributed by atoms with Crippen molar-refractivity contribution in [3.05, 3.63) is 24.0 Å². The molecule has 2 rings (SSSR count). The second kappa shape index (κ2) is 6.34. The van der Waals surface area contributed by atoms with E-state index < -0.39 is 5.41 Å². The van der Waals surface area contributed by atoms with E-state index in [4.69, 9.17) is 18.4 Å². The van der Waals surface area contributed by atoms with Crippen LogP contribution in [0, 0.1) is 5.41 Å². The van der Waals surface area contributed by atoms with Crippen molar-refractivity contribution in [1.29, 1.82) is 0 Å². The van der Waals surface area contributed by atoms with Crippen LogP contribution in [0.2, 0.25) is 0 Å². The highest BCUT2D eigenvalue weighted by atomic mass is 79.9. The third-order valence-electron chi connectivity index (χ3n) is 2.63. The molecule has 2 heterocycles. The van der Waals surface area contributed by atoms with Crippen LogP contribution in [0.1, 0.15) is 26.3 Å². The minimum Gasteiger partial charge on any atom is -0.461 e. The normalized spacial score (nSPS) is 11.4. The molecule has 0 atom stereocenters. The Hall–Kier alpha value is -1.76. The van der Waals surface area contributed by atoms with Gasteiger partial charge in [-0.3, -0.25) is 4.79 Å². The van der Waals surface area contributed by atoms with Gasteiger partial charge in [0.15, 0.2) is 5.76 Å². The molecule has 0 aliphatic rings. The average Bonchev–Trinajstić information content (AvgIpc) is 3.05. The fourth-order valence-corrected chi connectivity index (χ4v) is 1.98. The van der Waals surface area contributed by atoms with Crippen LogP contribution in [-0.4, -0.2) is 17.9 Å². The SMILES string of the molecule is CC(C)(C)C(=O)OCOc1noc(-c2ccco2)c1CBr. The topological polar surface area (TPSA) is 74.7 Å². The van der Waals surface area contributed by atoms with Crippen molar-refractivity contribution in [3.63, 3.8) is 0 Å². The molecule has 0 unspecified atom stereocenters. The van der Waals surface area contributed by atoms with Crippen LogP contribution in [0.15, 0.2) is 27.3 Å². The monoisotopic (exact) mass is 357 g/mol. The second-order valence-corrected chi connectivity index (χ2v) is 5.91. The lowest BCUT2D eigenvalue weighted by atomic mass is 9.98. The van der Waals surface area contributed by atoms with Crippen LogP contribution in [0.3, 0.4) is 0 Å². The first kappa shape index (κ1) is 15.6. The summed E-state index contributed by atoms with van der Waals surface area (Å²) in [6, 6.07) is 3.51. The highest BCUT2D eigenvalue weighted by Gasteiger charge is 2.24. The molecule has 0 aliphatic heterocycles. The minimum atomic E-state index is -0.579. The van der Waals surface area contributed by atoms with Crippen LogP contribution in [-0.2, 0) is 14.9 Å². The van der Waals surface area contributed by atoms with E-state index in [1.54, 1.807) is 39.2 Å². The van der Waals surface area contributed by atoms with Crippen molar-refractivity contribution in [1.82, 2.24) is 5.16 Å². The fraction of sp³-hybridized carbons (Fsp3) is 0.429. The Morgan fingerprint density at radius 1 is 1.43 bits per heavy atom. The van der Waals surface area contributed by atoms with Crippen LogP contribution in [0.25, 0.3) is 11.5 Å². The van der Waals surface area contributed by atoms with Crippen LogP contribution < -0.4 is 4.74 Å². The number of hydrogen-bond acceptors (Lipinski definition) is 6. The number of aromatic nitrogens is 1. The maximum absolute atomic E-state index is 11.6. The van der Waals surface area contributed by atoms with Crippen molar-refractivity contribution in [2.75, 3.05) is 6.79 Å². The molecule has 0 saturated heterocycles. The van der Waals surface area contributed by atoms with E-state index in [9.17, 15) is 4.79 Å². The van der Waals surface area contributed by atoms with Crippen molar-refractivity contribution in [2.24, 2.45) is 5.41 Å². The van der Waals surface area contributed by atoms with Gasteiger partial charge in [0.2, 0.25) is 12.6 Å². The summed E-state index contributed by atoms with van der Waals surface area (Å²) in [6.45, 7) is 5.08. The van der Waals surface area contributed by atoms with Crippen molar-refractivity contribution in [2.45, 2.75) is 26.1 Å². The van der Waals surface area contributed by atoms with E-state index in [-0.39, 0.29) is 18.6 Å². The van der Waals surface area contributed by atoms with E-state index in [0.29, 0.717) is 22.4 Å². The minimum absolute atomic E-state index is 0.222. The Morgan fingerprint density at radius 3 is 2.76 bits per heavy atom. The predicted octanol–water partition coefficient (Wildman–Crippen LogP) is 3.76. The first-order valence-electron chi connectivity index (χ1n) is 6.32. The Bertz CT molecular complexity index is 597. The van der Waals surface area contributed by atoms with E-state index in [1.165, 1.54) is 0 Å². The standard InChI is InChI=1S/C14H16BrNO5/c1-14(2,3)13(17)20-8-19-12-9(7-15)11(21-16-12)10-5-4-6-18-10/h4-6H,7-8H2,1-3H3. The van der Waals surface area contributed by atoms with Crippen molar-refractivity contribution >= 4 is 21.9 Å². The molecule has 2 aromatic heterocycles. The van der Waals surface area contributed by atoms with Crippen LogP contribution in [0.4, 0.5) is 0 Å². The van der Waals surface area contributed by atoms with Crippen molar-refractivity contribution in [3.8, 4) is 17.4 Å². The molecule has 0 radical (unpaired) electrons. The summed E-state index contributed by atoms with van der Waals surface area (Å²) in [7, 11) is 0. The second-order valence-electron chi connectivity index (χ2n) is 5.35. The number of esters is 1. The Kier molecular flexibility index (Phi) is 4.72. The molecule has 6 nitrogen and oxygen atoms in total. The van der Waals surface area contributed by atoms with Gasteiger partial charge in [0.05, 0.1) is 17.2 Å². The number of ether oxygens (including phenoxy) is 2. The molecule has 2 aromatic rings. The number of rotatable bonds is 5. The van der Waals surface area contributed by atoms with Gasteiger partial charge in [-0.1, -0.05) is 15.9 Å². The molecule has 0 spiro atoms. The quantitative estimate of drug-likeness (QED) is 0.460. The van der Waals surface area contributed by atoms with Gasteiger partial charge in [-0.15, -0.1) is 0 Å². The van der Waals surface area contributed by atoms with Gasteiger partial charge in [0.25, 0.3) is 5.88 Å². The molecule has 0 fully saturated rings. The third-order valence-corrected chi connectivity index (χ3v) is 3.19. The molecule has 21 heavy (non-hydrogen) atoms. The zero-order valence-corrected chi connectivity index (χ0v) is 13.6. The summed E-state index contributed by atoms with van der Waals surface area (Å²) in [5.74, 6) is 0.949. The summed E-state index contributed by atoms with van der Waals surface area (Å²) in [6.07, 6.45) is 1.54. The molecule has 0 aliphatic carbocycles. The Morgan fingerprint density at radius 2 is 2.19 bits per heavy atom. The van der Waals surface area contributed by atoms with Gasteiger partial charge in [-0.05, 0) is 38.1 Å². The van der Waals surface area contributed by atoms with Gasteiger partial charge < -0.3 is 18.4 Å². The zero-order valence-electron chi connectivity index (χ0n) is 12.0. The zero-order chi connectivity index (χ0) is 15.5. The highest BCUT2D eigenvalue weighted by molar-refractivity contribution is 9.08. The Labute approximate surface area is 130 Å². The number of furan rings is 1. The number of nitrogens with zero attached hydrogens (tertiary/aromatic N) is 1. The number of carbonyl (C=O) groups is 1. The molecule has 0 saturated carbocycles. The van der Waals surface area contributed by atoms with E-state index >= 15 is 0 Å². The first-order valence-corrected chi connectivity index (χ1v) is 7.44. The molecule has 7 heteroatoms. The van der Waals surface area contributed by atoms with E-state index in [1.807, 2.05) is 0 Å². The molecular weight excluding hydrogens is 342 g/mol. The number of hydrogen-bond donors (Lipinski definition) is 0. The molecular formula is C14H16BrNO5. The van der Waals surface area contributed by atoms with Gasteiger partial charge in [0, 0.05) is 5.33 Å². The van der Waals surface area contributed by atoms with Gasteiger partial charge in [0.1, 0.15) is 0 Å². The lowest BCUT2D eigenvalue weighted by Crippen LogP contribution is -2.24. The summed E-state index contributed by atoms with van der Waals surface area (Å²) in [5.41, 5.74) is 0.113. The van der Waals surface area contributed by atoms with E-state index in [2.05, 4.69) is 21.1 Å². The summed E-state index contributed by atoms with van der Waals surface area (Å²) in [4.78, 5) is 11.6. The number of halogens is 1. The summed E-state index contributed by atoms with van der Waals surface area (Å²) >= 11 is 3.35. The maximum Gasteiger partial charge on any atom is 0.314 e. The highest BCUT2D eigenvalue weighted by Crippen LogP contribution is 2.32. The van der Waals surface area contributed by atoms with E-state index in [0.717, 1.165) is 0 Å². The summed E-state index contributed by atoms with van der Waals surface area (Å²) < 4.78 is 20.9. The van der Waals surface area contributed by atoms with Gasteiger partial charge in [-0.25, -0.2) is 0 Å². The smallest absolute Gasteiger partial charge is 0.314 e. The Balaban J connectivity index is 2.03. The predicted molar refractivity (Wildman–Crippen MR) is 77.9 cm³/mol. The van der Waals surface area contributed by atoms with Crippen LogP contribution in [0.5, 0.6) is 5.88 Å². The third kappa shape index (κ3) is 3.66. The molecule has 0 amide bonds. The van der Waals surface area contributed by atoms with Gasteiger partial charge in [-0.2, -0.15) is 0 Å². The molecule has 0 bridgehead atoms. The summed E-state index contributed by atoms with van der Waals surface area (Å²) in [5, 5.41) is 4.29. The maximum atomic E-state index is 11.6. The molecule has 114 valence electrons. The molecule has 0 N–H and O–H groups in total. The average molecular weight is 358 g/mol. The lowest BCUT2D eigenvalue weighted by molar-refractivity contribution is -0.159. The van der Waals surface area contributed by atoms with Crippen molar-refractivity contribution < 1.29 is 23.2 Å². The largest absolute Gasteiger partial charge is 0.461 e. The lowest BCUT2D eigenvalue weighted by Gasteiger charge is -2.16. The number of alkyl halides is 1. The number of carbonyl (C=O) groups excluding carboxylic acids is 1. The first-order chi connectivity index (χ1) is 9.93. The van der Waals surface area contributed by atoms with Crippen LogP contribution >= 0.6 is 15.9 Å². The molecule has 0 aromatic carbocycles. The fourth-order valence-electron chi connectivity index (χ4n) is 1.48. The van der Waals surface area contributed by atoms with Gasteiger partial charge >= 0.3 is 5.97 Å².